The van der Waals surface area contributed by atoms with E-state index in [9.17, 15) is 9.59 Å². The second kappa shape index (κ2) is 9.38. The number of amides is 2. The maximum absolute atomic E-state index is 12.8. The Balaban J connectivity index is 1.32. The zero-order valence-corrected chi connectivity index (χ0v) is 18.7. The lowest BCUT2D eigenvalue weighted by atomic mass is 10.0. The zero-order valence-electron chi connectivity index (χ0n) is 18.7. The van der Waals surface area contributed by atoms with E-state index in [0.29, 0.717) is 47.5 Å². The molecule has 0 spiro atoms. The first-order valence-corrected chi connectivity index (χ1v) is 11.3. The first-order valence-electron chi connectivity index (χ1n) is 11.3. The first-order chi connectivity index (χ1) is 16.6. The number of aryl methyl sites for hydroxylation is 2. The maximum atomic E-state index is 12.8. The molecule has 11 nitrogen and oxygen atoms in total. The lowest BCUT2D eigenvalue weighted by Gasteiger charge is -2.17. The van der Waals surface area contributed by atoms with Gasteiger partial charge in [-0.25, -0.2) is 14.3 Å². The molecule has 4 aromatic rings. The van der Waals surface area contributed by atoms with E-state index >= 15 is 0 Å². The molecular weight excluding hydrogens is 436 g/mol. The van der Waals surface area contributed by atoms with Crippen molar-refractivity contribution in [2.45, 2.75) is 51.4 Å². The molecule has 2 N–H and O–H groups in total. The van der Waals surface area contributed by atoms with E-state index in [0.717, 1.165) is 48.9 Å². The van der Waals surface area contributed by atoms with E-state index in [2.05, 4.69) is 35.8 Å². The van der Waals surface area contributed by atoms with Crippen LogP contribution in [0.5, 0.6) is 0 Å². The van der Waals surface area contributed by atoms with Crippen LogP contribution in [0, 0.1) is 6.92 Å². The van der Waals surface area contributed by atoms with Crippen LogP contribution in [0.4, 0.5) is 16.2 Å². The summed E-state index contributed by atoms with van der Waals surface area (Å²) in [4.78, 5) is 36.4. The molecule has 1 aliphatic carbocycles. The summed E-state index contributed by atoms with van der Waals surface area (Å²) < 4.78 is 6.98. The van der Waals surface area contributed by atoms with E-state index in [1.54, 1.807) is 18.5 Å². The van der Waals surface area contributed by atoms with E-state index in [4.69, 9.17) is 4.52 Å². The Kier molecular flexibility index (Phi) is 5.98. The van der Waals surface area contributed by atoms with Crippen LogP contribution in [0.2, 0.25) is 0 Å². The van der Waals surface area contributed by atoms with Crippen molar-refractivity contribution in [2.75, 3.05) is 10.6 Å². The molecule has 1 saturated carbocycles. The second-order valence-electron chi connectivity index (χ2n) is 8.33. The molecule has 4 aromatic heterocycles. The lowest BCUT2D eigenvalue weighted by Crippen LogP contribution is -2.22. The summed E-state index contributed by atoms with van der Waals surface area (Å²) in [5, 5.41) is 14.1. The smallest absolute Gasteiger partial charge is 0.323 e. The summed E-state index contributed by atoms with van der Waals surface area (Å²) >= 11 is 0. The molecule has 174 valence electrons. The molecule has 0 bridgehead atoms. The van der Waals surface area contributed by atoms with Gasteiger partial charge in [0.05, 0.1) is 35.7 Å². The fourth-order valence-corrected chi connectivity index (χ4v) is 4.38. The standard InChI is InChI=1S/C23H24N8O3/c1-14-11-16(12-25-20(14)22-29-19(34-30-22)7-4-10-32)27-23(33)28-17-13-24-18-8-9-26-31(18)21(17)15-5-2-3-6-15/h8-13,15H,2-7H2,1H3,(H2,27,28,33). The summed E-state index contributed by atoms with van der Waals surface area (Å²) in [6.07, 6.45) is 10.9. The maximum Gasteiger partial charge on any atom is 0.323 e. The fourth-order valence-electron chi connectivity index (χ4n) is 4.38. The number of anilines is 2. The van der Waals surface area contributed by atoms with E-state index < -0.39 is 6.03 Å². The highest BCUT2D eigenvalue weighted by molar-refractivity contribution is 6.00. The molecule has 0 aromatic carbocycles. The molecule has 0 atom stereocenters. The number of fused-ring (bicyclic) bond motifs is 1. The van der Waals surface area contributed by atoms with Gasteiger partial charge in [0, 0.05) is 24.8 Å². The monoisotopic (exact) mass is 460 g/mol. The number of aldehydes is 1. The molecule has 34 heavy (non-hydrogen) atoms. The van der Waals surface area contributed by atoms with E-state index in [1.165, 1.54) is 6.20 Å². The van der Waals surface area contributed by atoms with Gasteiger partial charge in [-0.3, -0.25) is 4.98 Å². The molecule has 1 aliphatic rings. The van der Waals surface area contributed by atoms with Crippen molar-refractivity contribution in [2.24, 2.45) is 0 Å². The van der Waals surface area contributed by atoms with Gasteiger partial charge in [-0.2, -0.15) is 10.1 Å². The molecule has 4 heterocycles. The Labute approximate surface area is 195 Å². The normalized spacial score (nSPS) is 13.9. The van der Waals surface area contributed by atoms with Gasteiger partial charge in [-0.05, 0) is 31.4 Å². The predicted octanol–water partition coefficient (Wildman–Crippen LogP) is 3.92. The molecule has 0 saturated heterocycles. The molecule has 2 amide bonds. The largest absolute Gasteiger partial charge is 0.339 e. The Morgan fingerprint density at radius 2 is 2.09 bits per heavy atom. The van der Waals surface area contributed by atoms with Crippen LogP contribution < -0.4 is 10.6 Å². The third-order valence-corrected chi connectivity index (χ3v) is 5.93. The number of nitrogens with zero attached hydrogens (tertiary/aromatic N) is 6. The van der Waals surface area contributed by atoms with Gasteiger partial charge in [-0.1, -0.05) is 18.0 Å². The number of hydrogen-bond acceptors (Lipinski definition) is 8. The van der Waals surface area contributed by atoms with Gasteiger partial charge < -0.3 is 20.0 Å². The highest BCUT2D eigenvalue weighted by Crippen LogP contribution is 2.37. The summed E-state index contributed by atoms with van der Waals surface area (Å²) in [5.74, 6) is 1.05. The first kappa shape index (κ1) is 21.7. The number of aromatic nitrogens is 6. The van der Waals surface area contributed by atoms with Crippen molar-refractivity contribution in [3.63, 3.8) is 0 Å². The number of urea groups is 1. The molecule has 5 rings (SSSR count). The van der Waals surface area contributed by atoms with Crippen LogP contribution in [0.1, 0.15) is 55.2 Å². The summed E-state index contributed by atoms with van der Waals surface area (Å²) in [6, 6.07) is 3.25. The Morgan fingerprint density at radius 1 is 1.24 bits per heavy atom. The van der Waals surface area contributed by atoms with Crippen molar-refractivity contribution in [3.05, 3.63) is 47.9 Å². The SMILES string of the molecule is Cc1cc(NC(=O)Nc2cnc3ccnn3c2C2CCCC2)cnc1-c1noc(CCC=O)n1. The number of pyridine rings is 1. The van der Waals surface area contributed by atoms with Crippen molar-refractivity contribution >= 4 is 29.3 Å². The topological polar surface area (TPSA) is 140 Å². The highest BCUT2D eigenvalue weighted by atomic mass is 16.5. The Morgan fingerprint density at radius 3 is 2.88 bits per heavy atom. The molecular formula is C23H24N8O3. The molecule has 11 heteroatoms. The van der Waals surface area contributed by atoms with Crippen LogP contribution in [0.3, 0.4) is 0 Å². The third-order valence-electron chi connectivity index (χ3n) is 5.93. The number of hydrogen-bond donors (Lipinski definition) is 2. The fraction of sp³-hybridized carbons (Fsp3) is 0.348. The van der Waals surface area contributed by atoms with Gasteiger partial charge in [0.2, 0.25) is 11.7 Å². The number of nitrogens with one attached hydrogen (secondary N) is 2. The van der Waals surface area contributed by atoms with Gasteiger partial charge in [0.1, 0.15) is 12.0 Å². The minimum atomic E-state index is -0.391. The molecule has 0 radical (unpaired) electrons. The highest BCUT2D eigenvalue weighted by Gasteiger charge is 2.24. The summed E-state index contributed by atoms with van der Waals surface area (Å²) in [5.41, 5.74) is 4.24. The number of carbonyl (C=O) groups is 2. The average molecular weight is 460 g/mol. The minimum absolute atomic E-state index is 0.317. The molecule has 0 unspecified atom stereocenters. The summed E-state index contributed by atoms with van der Waals surface area (Å²) in [6.45, 7) is 1.85. The van der Waals surface area contributed by atoms with Crippen LogP contribution >= 0.6 is 0 Å². The Bertz CT molecular complexity index is 1340. The predicted molar refractivity (Wildman–Crippen MR) is 123 cm³/mol. The summed E-state index contributed by atoms with van der Waals surface area (Å²) in [7, 11) is 0. The van der Waals surface area contributed by atoms with Crippen LogP contribution in [0.15, 0.2) is 35.2 Å². The van der Waals surface area contributed by atoms with Crippen LogP contribution in [-0.4, -0.2) is 42.0 Å². The van der Waals surface area contributed by atoms with Gasteiger partial charge >= 0.3 is 6.03 Å². The van der Waals surface area contributed by atoms with E-state index in [-0.39, 0.29) is 0 Å². The minimum Gasteiger partial charge on any atom is -0.339 e. The third kappa shape index (κ3) is 4.36. The van der Waals surface area contributed by atoms with Crippen molar-refractivity contribution < 1.29 is 14.1 Å². The van der Waals surface area contributed by atoms with Gasteiger partial charge in [0.25, 0.3) is 0 Å². The van der Waals surface area contributed by atoms with Gasteiger partial charge in [0.15, 0.2) is 5.65 Å². The second-order valence-corrected chi connectivity index (χ2v) is 8.33. The Hall–Kier alpha value is -4.15. The van der Waals surface area contributed by atoms with Crippen LogP contribution in [0.25, 0.3) is 17.2 Å². The average Bonchev–Trinajstić information content (AvgIpc) is 3.59. The van der Waals surface area contributed by atoms with Crippen molar-refractivity contribution in [3.8, 4) is 11.5 Å². The van der Waals surface area contributed by atoms with Gasteiger partial charge in [-0.15, -0.1) is 0 Å². The molecule has 1 fully saturated rings. The van der Waals surface area contributed by atoms with Crippen molar-refractivity contribution in [1.29, 1.82) is 0 Å². The quantitative estimate of drug-likeness (QED) is 0.396. The number of rotatable bonds is 7. The van der Waals surface area contributed by atoms with Crippen molar-refractivity contribution in [1.82, 2.24) is 29.7 Å². The zero-order chi connectivity index (χ0) is 23.5. The van der Waals surface area contributed by atoms with Crippen LogP contribution in [-0.2, 0) is 11.2 Å². The van der Waals surface area contributed by atoms with E-state index in [1.807, 2.05) is 17.5 Å². The molecule has 0 aliphatic heterocycles. The number of carbonyl (C=O) groups excluding carboxylic acids is 2. The lowest BCUT2D eigenvalue weighted by molar-refractivity contribution is -0.107.